The van der Waals surface area contributed by atoms with Crippen LogP contribution in [0.2, 0.25) is 0 Å². The molecule has 21 heteroatoms. The number of nitrogens with one attached hydrogen (secondary N) is 1. The van der Waals surface area contributed by atoms with E-state index in [0.717, 1.165) is 9.80 Å². The number of hydrogen-bond acceptors (Lipinski definition) is 15. The zero-order chi connectivity index (χ0) is 48.4. The van der Waals surface area contributed by atoms with E-state index in [1.807, 2.05) is 20.8 Å². The van der Waals surface area contributed by atoms with Crippen molar-refractivity contribution in [2.24, 2.45) is 0 Å². The number of nitrogens with zero attached hydrogens (tertiary/aromatic N) is 5. The maximum absolute atomic E-state index is 12.9. The van der Waals surface area contributed by atoms with Crippen molar-refractivity contribution in [2.45, 2.75) is 77.7 Å². The van der Waals surface area contributed by atoms with Gasteiger partial charge in [0.05, 0.1) is 56.0 Å². The summed E-state index contributed by atoms with van der Waals surface area (Å²) >= 11 is 0. The highest BCUT2D eigenvalue weighted by Crippen LogP contribution is 2.24. The van der Waals surface area contributed by atoms with Gasteiger partial charge in [-0.1, -0.05) is 24.3 Å². The van der Waals surface area contributed by atoms with Gasteiger partial charge in [0.2, 0.25) is 5.91 Å². The van der Waals surface area contributed by atoms with Gasteiger partial charge in [-0.05, 0) is 65.8 Å². The number of rotatable bonds is 8. The average Bonchev–Trinajstić information content (AvgIpc) is 3.65. The van der Waals surface area contributed by atoms with Crippen molar-refractivity contribution in [3.63, 3.8) is 0 Å². The minimum atomic E-state index is -1.03. The van der Waals surface area contributed by atoms with Crippen LogP contribution >= 0.6 is 0 Å². The molecule has 65 heavy (non-hydrogen) atoms. The number of carbonyl (C=O) groups excluding carboxylic acids is 9. The number of esters is 2. The fourth-order valence-corrected chi connectivity index (χ4v) is 6.90. The smallest absolute Gasteiger partial charge is 0.410 e. The Hall–Kier alpha value is -6.90. The predicted octanol–water partition coefficient (Wildman–Crippen LogP) is 2.42. The van der Waals surface area contributed by atoms with E-state index in [0.29, 0.717) is 35.3 Å². The van der Waals surface area contributed by atoms with E-state index in [2.05, 4.69) is 10.1 Å². The van der Waals surface area contributed by atoms with E-state index in [4.69, 9.17) is 19.3 Å². The summed E-state index contributed by atoms with van der Waals surface area (Å²) in [6.45, 7) is 12.0. The van der Waals surface area contributed by atoms with Crippen LogP contribution in [0.25, 0.3) is 0 Å². The first-order valence-corrected chi connectivity index (χ1v) is 20.7. The van der Waals surface area contributed by atoms with Crippen molar-refractivity contribution in [1.29, 1.82) is 0 Å². The van der Waals surface area contributed by atoms with E-state index in [9.17, 15) is 47.9 Å². The molecule has 0 aromatic heterocycles. The number of benzene rings is 2. The zero-order valence-electron chi connectivity index (χ0n) is 37.7. The molecule has 0 aliphatic carbocycles. The van der Waals surface area contributed by atoms with Gasteiger partial charge in [-0.25, -0.2) is 14.4 Å². The van der Waals surface area contributed by atoms with Gasteiger partial charge >= 0.3 is 30.1 Å². The van der Waals surface area contributed by atoms with E-state index in [1.54, 1.807) is 69.3 Å². The Balaban J connectivity index is 0.000000235. The van der Waals surface area contributed by atoms with Crippen molar-refractivity contribution >= 4 is 59.6 Å². The Morgan fingerprint density at radius 2 is 1.03 bits per heavy atom. The predicted molar refractivity (Wildman–Crippen MR) is 227 cm³/mol. The number of imide groups is 2. The monoisotopic (exact) mass is 908 g/mol. The van der Waals surface area contributed by atoms with Gasteiger partial charge in [0.15, 0.2) is 0 Å². The molecule has 4 aliphatic rings. The van der Waals surface area contributed by atoms with Crippen LogP contribution in [0.3, 0.4) is 0 Å². The molecule has 2 aromatic carbocycles. The molecule has 6 rings (SSSR count). The van der Waals surface area contributed by atoms with Crippen LogP contribution in [0.1, 0.15) is 95.8 Å². The molecule has 0 bridgehead atoms. The molecule has 0 saturated carbocycles. The second kappa shape index (κ2) is 21.7. The standard InChI is InChI=1S/C22H27N3O7.C11H20N2O4.C11H9NO4/c1-22(2,3)32-21(30)23-11-12-24(16(13-23)20(29)31-4)17(26)9-10-25-18(27)14-7-5-6-8-15(14)19(25)28;1-11(2,3)17-10(15)13-6-5-12-8(7-13)9(14)16-4;13-9(14)5-6-12-10(15)7-3-1-2-4-8(7)11(12)16/h5-8,16H,9-13H2,1-4H3;8,12H,5-7H2,1-4H3;1-4H,5-6H2,(H,13,14). The number of piperazine rings is 2. The first kappa shape index (κ1) is 50.7. The van der Waals surface area contributed by atoms with Gasteiger partial charge < -0.3 is 44.1 Å². The summed E-state index contributed by atoms with van der Waals surface area (Å²) in [5.74, 6) is -4.19. The van der Waals surface area contributed by atoms with Crippen LogP contribution < -0.4 is 5.32 Å². The van der Waals surface area contributed by atoms with Gasteiger partial charge in [-0.2, -0.15) is 0 Å². The Kier molecular flexibility index (Phi) is 16.9. The van der Waals surface area contributed by atoms with E-state index in [1.165, 1.54) is 28.9 Å². The van der Waals surface area contributed by atoms with Gasteiger partial charge in [0.1, 0.15) is 23.3 Å². The highest BCUT2D eigenvalue weighted by molar-refractivity contribution is 6.22. The lowest BCUT2D eigenvalue weighted by Crippen LogP contribution is -2.60. The summed E-state index contributed by atoms with van der Waals surface area (Å²) in [4.78, 5) is 126. The molecule has 2 fully saturated rings. The summed E-state index contributed by atoms with van der Waals surface area (Å²) in [5.41, 5.74) is 0.0855. The summed E-state index contributed by atoms with van der Waals surface area (Å²) < 4.78 is 20.1. The number of carboxylic acids is 1. The maximum atomic E-state index is 12.9. The minimum absolute atomic E-state index is 0.0691. The number of hydrogen-bond donors (Lipinski definition) is 2. The number of carboxylic acid groups (broad SMARTS) is 1. The molecular formula is C44H56N6O15. The third-order valence-electron chi connectivity index (χ3n) is 9.99. The summed E-state index contributed by atoms with van der Waals surface area (Å²) in [5, 5.41) is 11.5. The second-order valence-corrected chi connectivity index (χ2v) is 17.0. The molecule has 4 aliphatic heterocycles. The Morgan fingerprint density at radius 1 is 0.615 bits per heavy atom. The van der Waals surface area contributed by atoms with E-state index >= 15 is 0 Å². The molecule has 352 valence electrons. The molecule has 2 saturated heterocycles. The molecule has 0 spiro atoms. The quantitative estimate of drug-likeness (QED) is 0.219. The van der Waals surface area contributed by atoms with Crippen LogP contribution in [0, 0.1) is 0 Å². The van der Waals surface area contributed by atoms with Crippen molar-refractivity contribution in [3.05, 3.63) is 70.8 Å². The number of ether oxygens (including phenoxy) is 4. The van der Waals surface area contributed by atoms with Crippen LogP contribution in [0.15, 0.2) is 48.5 Å². The summed E-state index contributed by atoms with van der Waals surface area (Å²) in [6, 6.07) is 11.5. The normalized spacial score (nSPS) is 18.1. The fourth-order valence-electron chi connectivity index (χ4n) is 6.90. The lowest BCUT2D eigenvalue weighted by atomic mass is 10.1. The Bertz CT molecular complexity index is 2110. The number of methoxy groups -OCH3 is 2. The molecule has 2 unspecified atom stereocenters. The third-order valence-corrected chi connectivity index (χ3v) is 9.99. The SMILES string of the molecule is COC(=O)C1CN(C(=O)OC(C)(C)C)CCN1.COC(=O)C1CN(C(=O)OC(C)(C)C)CCN1C(=O)CCN1C(=O)c2ccccc2C1=O.O=C(O)CCN1C(=O)c2ccccc2C1=O. The first-order valence-electron chi connectivity index (χ1n) is 20.7. The largest absolute Gasteiger partial charge is 0.481 e. The van der Waals surface area contributed by atoms with Crippen molar-refractivity contribution in [3.8, 4) is 0 Å². The lowest BCUT2D eigenvalue weighted by Gasteiger charge is -2.40. The molecule has 21 nitrogen and oxygen atoms in total. The minimum Gasteiger partial charge on any atom is -0.481 e. The van der Waals surface area contributed by atoms with Crippen LogP contribution in [0.4, 0.5) is 9.59 Å². The Labute approximate surface area is 375 Å². The van der Waals surface area contributed by atoms with Gasteiger partial charge in [0, 0.05) is 45.7 Å². The average molecular weight is 909 g/mol. The number of aliphatic carboxylic acids is 1. The highest BCUT2D eigenvalue weighted by atomic mass is 16.6. The molecule has 2 N–H and O–H groups in total. The number of fused-ring (bicyclic) bond motifs is 2. The van der Waals surface area contributed by atoms with Crippen molar-refractivity contribution in [1.82, 2.24) is 29.8 Å². The first-order chi connectivity index (χ1) is 30.5. The van der Waals surface area contributed by atoms with Crippen molar-refractivity contribution < 1.29 is 72.0 Å². The summed E-state index contributed by atoms with van der Waals surface area (Å²) in [7, 11) is 2.53. The van der Waals surface area contributed by atoms with Crippen LogP contribution in [0.5, 0.6) is 0 Å². The number of carbonyl (C=O) groups is 10. The van der Waals surface area contributed by atoms with Gasteiger partial charge in [0.25, 0.3) is 23.6 Å². The van der Waals surface area contributed by atoms with E-state index in [-0.39, 0.29) is 58.1 Å². The topological polar surface area (TPSA) is 256 Å². The maximum Gasteiger partial charge on any atom is 0.410 e. The molecule has 0 radical (unpaired) electrons. The third kappa shape index (κ3) is 13.3. The zero-order valence-corrected chi connectivity index (χ0v) is 37.7. The Morgan fingerprint density at radius 3 is 1.43 bits per heavy atom. The number of amides is 7. The highest BCUT2D eigenvalue weighted by Gasteiger charge is 2.41. The molecule has 2 aromatic rings. The lowest BCUT2D eigenvalue weighted by molar-refractivity contribution is -0.156. The molecule has 2 atom stereocenters. The van der Waals surface area contributed by atoms with Crippen molar-refractivity contribution in [2.75, 3.05) is 66.6 Å². The van der Waals surface area contributed by atoms with Gasteiger partial charge in [-0.15, -0.1) is 0 Å². The molecule has 7 amide bonds. The fraction of sp³-hybridized carbons (Fsp3) is 0.500. The van der Waals surface area contributed by atoms with Crippen LogP contribution in [-0.4, -0.2) is 179 Å². The molecule has 4 heterocycles. The summed E-state index contributed by atoms with van der Waals surface area (Å²) in [6.07, 6.45) is -1.35. The van der Waals surface area contributed by atoms with E-state index < -0.39 is 76.9 Å². The molecular weight excluding hydrogens is 853 g/mol. The van der Waals surface area contributed by atoms with Gasteiger partial charge in [-0.3, -0.25) is 43.4 Å². The van der Waals surface area contributed by atoms with Crippen LogP contribution in [-0.2, 0) is 38.1 Å². The second-order valence-electron chi connectivity index (χ2n) is 17.0.